The van der Waals surface area contributed by atoms with Gasteiger partial charge in [0.1, 0.15) is 0 Å². The normalized spacial score (nSPS) is 9.00. The Morgan fingerprint density at radius 3 is 1.86 bits per heavy atom. The third kappa shape index (κ3) is 5.04. The number of nitrogen functional groups attached to an aromatic ring is 1. The molecule has 4 heteroatoms. The zero-order valence-corrected chi connectivity index (χ0v) is 12.4. The van der Waals surface area contributed by atoms with E-state index in [1.54, 1.807) is 12.1 Å². The Kier molecular flexibility index (Phi) is 7.19. The summed E-state index contributed by atoms with van der Waals surface area (Å²) in [6, 6.07) is 25.3. The molecule has 0 heterocycles. The van der Waals surface area contributed by atoms with Crippen molar-refractivity contribution in [2.45, 2.75) is 0 Å². The van der Waals surface area contributed by atoms with Crippen molar-refractivity contribution in [3.63, 3.8) is 0 Å². The number of amides is 1. The number of hydrogen-bond donors (Lipinski definition) is 2. The number of benzene rings is 1. The molecule has 0 aliphatic carbocycles. The summed E-state index contributed by atoms with van der Waals surface area (Å²) in [5.41, 5.74) is 4.90. The maximum Gasteiger partial charge on any atom is 0.263 e. The summed E-state index contributed by atoms with van der Waals surface area (Å²) in [4.78, 5) is 11.2. The molecule has 0 fully saturated rings. The van der Waals surface area contributed by atoms with Gasteiger partial charge < -0.3 is 30.3 Å². The van der Waals surface area contributed by atoms with E-state index in [-0.39, 0.29) is 23.0 Å². The second-order valence-electron chi connectivity index (χ2n) is 4.19. The Morgan fingerprint density at radius 1 is 0.952 bits per heavy atom. The minimum Gasteiger partial charge on any atom is -0.748 e. The summed E-state index contributed by atoms with van der Waals surface area (Å²) >= 11 is 0. The molecule has 3 aromatic carbocycles. The molecule has 21 heavy (non-hydrogen) atoms. The van der Waals surface area contributed by atoms with Crippen molar-refractivity contribution < 1.29 is 21.9 Å². The molecular weight excluding hydrogens is 304 g/mol. The van der Waals surface area contributed by atoms with Gasteiger partial charge in [-0.25, -0.2) is 5.84 Å². The van der Waals surface area contributed by atoms with Crippen LogP contribution in [0.1, 0.15) is 10.4 Å². The zero-order valence-electron chi connectivity index (χ0n) is 11.3. The van der Waals surface area contributed by atoms with Gasteiger partial charge in [-0.1, -0.05) is 17.7 Å². The molecule has 3 aromatic rings. The second-order valence-corrected chi connectivity index (χ2v) is 4.19. The van der Waals surface area contributed by atoms with E-state index < -0.39 is 0 Å². The average molecular weight is 320 g/mol. The molecular formula is C17H16FeN2O-6. The molecule has 3 nitrogen and oxygen atoms in total. The Labute approximate surface area is 135 Å². The summed E-state index contributed by atoms with van der Waals surface area (Å²) in [6.07, 6.45) is 0. The van der Waals surface area contributed by atoms with Crippen LogP contribution in [0.3, 0.4) is 0 Å². The van der Waals surface area contributed by atoms with Crippen LogP contribution in [0.2, 0.25) is 0 Å². The summed E-state index contributed by atoms with van der Waals surface area (Å²) in [6.45, 7) is 0. The van der Waals surface area contributed by atoms with E-state index in [4.69, 9.17) is 5.84 Å². The summed E-state index contributed by atoms with van der Waals surface area (Å²) in [7, 11) is 0. The van der Waals surface area contributed by atoms with E-state index in [9.17, 15) is 4.79 Å². The number of hydrogen-bond acceptors (Lipinski definition) is 2. The second kappa shape index (κ2) is 8.93. The number of rotatable bonds is 2. The van der Waals surface area contributed by atoms with E-state index in [2.05, 4.69) is 5.43 Å². The van der Waals surface area contributed by atoms with Gasteiger partial charge in [-0.05, 0) is 0 Å². The first-order chi connectivity index (χ1) is 9.81. The van der Waals surface area contributed by atoms with Crippen molar-refractivity contribution in [3.05, 3.63) is 84.4 Å². The van der Waals surface area contributed by atoms with Gasteiger partial charge in [0.25, 0.3) is 5.91 Å². The zero-order chi connectivity index (χ0) is 14.2. The van der Waals surface area contributed by atoms with Gasteiger partial charge in [0.2, 0.25) is 0 Å². The van der Waals surface area contributed by atoms with Gasteiger partial charge >= 0.3 is 0 Å². The van der Waals surface area contributed by atoms with E-state index in [1.807, 2.05) is 66.7 Å². The van der Waals surface area contributed by atoms with Gasteiger partial charge in [-0.3, -0.25) is 10.2 Å². The summed E-state index contributed by atoms with van der Waals surface area (Å²) < 4.78 is 0. The van der Waals surface area contributed by atoms with Crippen LogP contribution < -0.4 is 11.3 Å². The van der Waals surface area contributed by atoms with E-state index in [1.165, 1.54) is 0 Å². The summed E-state index contributed by atoms with van der Waals surface area (Å²) in [5.74, 6) is 4.76. The fraction of sp³-hybridized carbons (Fsp3) is 0. The first-order valence-electron chi connectivity index (χ1n) is 6.31. The number of nitrogens with one attached hydrogen (secondary N) is 1. The van der Waals surface area contributed by atoms with Crippen molar-refractivity contribution >= 4 is 5.91 Å². The Morgan fingerprint density at radius 2 is 1.43 bits per heavy atom. The summed E-state index contributed by atoms with van der Waals surface area (Å²) in [5, 5.41) is 0. The van der Waals surface area contributed by atoms with Gasteiger partial charge in [0, 0.05) is 22.6 Å². The first kappa shape index (κ1) is 16.9. The molecule has 0 saturated carbocycles. The smallest absolute Gasteiger partial charge is 0.263 e. The Hall–Kier alpha value is -2.13. The van der Waals surface area contributed by atoms with Crippen LogP contribution in [0.4, 0.5) is 0 Å². The molecule has 0 aliphatic rings. The molecule has 0 aromatic heterocycles. The van der Waals surface area contributed by atoms with Gasteiger partial charge in [-0.15, -0.1) is 29.8 Å². The third-order valence-corrected chi connectivity index (χ3v) is 2.83. The number of nitrogens with two attached hydrogens (primary N) is 1. The topological polar surface area (TPSA) is 55.1 Å². The van der Waals surface area contributed by atoms with Crippen molar-refractivity contribution in [2.75, 3.05) is 0 Å². The third-order valence-electron chi connectivity index (χ3n) is 2.83. The van der Waals surface area contributed by atoms with E-state index >= 15 is 0 Å². The van der Waals surface area contributed by atoms with Crippen LogP contribution in [0.5, 0.6) is 0 Å². The number of carbonyl (C=O) groups is 1. The molecule has 0 unspecified atom stereocenters. The standard InChI is InChI=1S/C12H11N2O.C5H5.Fe/c13-14-12(15)11-7-5-10(6-8-11)9-3-1-2-4-9;1-2-4-5-3-1;/h1-8H,13H2,(H,14,15);1-5H;/q-1;-5;. The average Bonchev–Trinajstić information content (AvgIpc) is 3.21. The van der Waals surface area contributed by atoms with Crippen LogP contribution >= 0.6 is 0 Å². The van der Waals surface area contributed by atoms with Crippen molar-refractivity contribution in [1.82, 2.24) is 5.43 Å². The minimum atomic E-state index is -0.274. The molecule has 0 aliphatic heterocycles. The van der Waals surface area contributed by atoms with Crippen molar-refractivity contribution in [3.8, 4) is 11.1 Å². The quantitative estimate of drug-likeness (QED) is 0.251. The number of carbonyl (C=O) groups excluding carboxylic acids is 1. The predicted octanol–water partition coefficient (Wildman–Crippen LogP) is 3.08. The molecule has 1 amide bonds. The molecule has 0 atom stereocenters. The van der Waals surface area contributed by atoms with Crippen LogP contribution in [0, 0.1) is 0 Å². The maximum absolute atomic E-state index is 11.2. The Bertz CT molecular complexity index is 596. The SMILES string of the molecule is NNC(=O)c1ccc(-[c-]2cccc2)cc1.[Fe].[cH-]1[cH-][cH-][cH-][cH-]1. The maximum atomic E-state index is 11.2. The molecule has 114 valence electrons. The molecule has 0 spiro atoms. The molecule has 3 N–H and O–H groups in total. The van der Waals surface area contributed by atoms with Crippen LogP contribution in [-0.4, -0.2) is 5.91 Å². The van der Waals surface area contributed by atoms with Crippen LogP contribution in [0.15, 0.2) is 78.9 Å². The van der Waals surface area contributed by atoms with Gasteiger partial charge in [-0.2, -0.15) is 12.1 Å². The van der Waals surface area contributed by atoms with E-state index in [0.29, 0.717) is 5.56 Å². The molecule has 0 saturated heterocycles. The fourth-order valence-electron chi connectivity index (χ4n) is 1.78. The fourth-order valence-corrected chi connectivity index (χ4v) is 1.78. The van der Waals surface area contributed by atoms with Crippen molar-refractivity contribution in [1.29, 1.82) is 0 Å². The van der Waals surface area contributed by atoms with Crippen LogP contribution in [-0.2, 0) is 17.1 Å². The van der Waals surface area contributed by atoms with Crippen LogP contribution in [0.25, 0.3) is 11.1 Å². The van der Waals surface area contributed by atoms with Gasteiger partial charge in [0.15, 0.2) is 0 Å². The van der Waals surface area contributed by atoms with Crippen molar-refractivity contribution in [2.24, 2.45) is 5.84 Å². The molecule has 3 rings (SSSR count). The predicted molar refractivity (Wildman–Crippen MR) is 81.2 cm³/mol. The monoisotopic (exact) mass is 320 g/mol. The minimum absolute atomic E-state index is 0. The number of hydrazine groups is 1. The van der Waals surface area contributed by atoms with Gasteiger partial charge in [0.05, 0.1) is 0 Å². The van der Waals surface area contributed by atoms with E-state index in [0.717, 1.165) is 11.1 Å². The Balaban J connectivity index is 0.000000313. The first-order valence-corrected chi connectivity index (χ1v) is 6.31. The molecule has 0 radical (unpaired) electrons. The molecule has 0 bridgehead atoms. The largest absolute Gasteiger partial charge is 0.748 e.